The van der Waals surface area contributed by atoms with Crippen LogP contribution in [0.5, 0.6) is 0 Å². The molecule has 3 saturated heterocycles. The number of rotatable bonds is 15. The molecule has 42 heavy (non-hydrogen) atoms. The molecule has 3 aliphatic rings. The Kier molecular flexibility index (Phi) is 11.0. The fourth-order valence-electron chi connectivity index (χ4n) is 7.20. The number of benzene rings is 1. The number of nitrogens with zero attached hydrogens (tertiary/aromatic N) is 3. The van der Waals surface area contributed by atoms with Crippen molar-refractivity contribution in [2.75, 3.05) is 37.7 Å². The number of likely N-dealkylation sites (tertiary alicyclic amines) is 1. The highest BCUT2D eigenvalue weighted by molar-refractivity contribution is 9.09. The van der Waals surface area contributed by atoms with Crippen molar-refractivity contribution in [3.8, 4) is 0 Å². The van der Waals surface area contributed by atoms with Crippen molar-refractivity contribution in [2.24, 2.45) is 11.8 Å². The van der Waals surface area contributed by atoms with E-state index >= 15 is 0 Å². The van der Waals surface area contributed by atoms with Crippen molar-refractivity contribution >= 4 is 51.1 Å². The van der Waals surface area contributed by atoms with E-state index in [1.807, 2.05) is 43.9 Å². The van der Waals surface area contributed by atoms with Gasteiger partial charge in [0.1, 0.15) is 6.04 Å². The molecule has 4 rings (SSSR count). The van der Waals surface area contributed by atoms with Gasteiger partial charge in [-0.25, -0.2) is 0 Å². The number of hydrogen-bond acceptors (Lipinski definition) is 5. The van der Waals surface area contributed by atoms with E-state index in [1.54, 1.807) is 33.7 Å². The van der Waals surface area contributed by atoms with Crippen molar-refractivity contribution in [1.29, 1.82) is 0 Å². The van der Waals surface area contributed by atoms with Crippen LogP contribution in [0.25, 0.3) is 0 Å². The summed E-state index contributed by atoms with van der Waals surface area (Å²) in [6.07, 6.45) is 8.15. The highest BCUT2D eigenvalue weighted by Crippen LogP contribution is 2.68. The van der Waals surface area contributed by atoms with Crippen LogP contribution >= 0.6 is 27.7 Å². The molecule has 1 spiro atoms. The zero-order chi connectivity index (χ0) is 30.6. The van der Waals surface area contributed by atoms with E-state index in [0.717, 1.165) is 48.9 Å². The van der Waals surface area contributed by atoms with E-state index in [4.69, 9.17) is 0 Å². The molecule has 2 bridgehead atoms. The Balaban J connectivity index is 1.77. The third kappa shape index (κ3) is 5.98. The number of unbranched alkanes of at least 4 members (excludes halogenated alkanes) is 3. The summed E-state index contributed by atoms with van der Waals surface area (Å²) >= 11 is 5.58. The first-order chi connectivity index (χ1) is 20.2. The Hall–Kier alpha value is -2.10. The van der Waals surface area contributed by atoms with Crippen LogP contribution < -0.4 is 4.90 Å². The number of fused-ring (bicyclic) bond motifs is 1. The van der Waals surface area contributed by atoms with Crippen molar-refractivity contribution in [2.45, 2.75) is 80.2 Å². The van der Waals surface area contributed by atoms with Crippen LogP contribution in [0.2, 0.25) is 0 Å². The van der Waals surface area contributed by atoms with Gasteiger partial charge in [-0.1, -0.05) is 60.0 Å². The molecular weight excluding hydrogens is 614 g/mol. The van der Waals surface area contributed by atoms with Crippen LogP contribution in [0.1, 0.15) is 56.6 Å². The molecule has 230 valence electrons. The van der Waals surface area contributed by atoms with Crippen LogP contribution in [0, 0.1) is 25.7 Å². The van der Waals surface area contributed by atoms with Gasteiger partial charge in [0.15, 0.2) is 0 Å². The number of alkyl halides is 1. The molecule has 6 atom stereocenters. The highest BCUT2D eigenvalue weighted by Gasteiger charge is 2.76. The van der Waals surface area contributed by atoms with Gasteiger partial charge >= 0.3 is 0 Å². The molecule has 0 radical (unpaired) electrons. The van der Waals surface area contributed by atoms with Gasteiger partial charge in [-0.2, -0.15) is 0 Å². The van der Waals surface area contributed by atoms with Gasteiger partial charge < -0.3 is 19.8 Å². The lowest BCUT2D eigenvalue weighted by atomic mass is 9.70. The maximum Gasteiger partial charge on any atom is 0.251 e. The first-order valence-electron chi connectivity index (χ1n) is 15.3. The molecule has 1 N–H and O–H groups in total. The Morgan fingerprint density at radius 2 is 1.86 bits per heavy atom. The smallest absolute Gasteiger partial charge is 0.251 e. The molecule has 0 saturated carbocycles. The van der Waals surface area contributed by atoms with E-state index in [2.05, 4.69) is 29.1 Å². The SMILES string of the molecule is C=CCN(CCC)C(=O)[C@H]1[C@H]2C(=O)N(CCCCCCO)C(C(=O)N(CC=C)c3cc(C)ccc3C)C23CC(Br)[C@@H]1S3. The third-order valence-corrected chi connectivity index (χ3v) is 12.2. The average Bonchev–Trinajstić information content (AvgIpc) is 3.55. The average molecular weight is 661 g/mol. The molecular formula is C33H46BrN3O4S. The van der Waals surface area contributed by atoms with Crippen LogP contribution in [-0.4, -0.2) is 86.3 Å². The topological polar surface area (TPSA) is 81.2 Å². The number of amides is 3. The zero-order valence-electron chi connectivity index (χ0n) is 25.3. The van der Waals surface area contributed by atoms with Crippen LogP contribution in [0.4, 0.5) is 5.69 Å². The number of halogens is 1. The van der Waals surface area contributed by atoms with Gasteiger partial charge in [-0.05, 0) is 56.7 Å². The minimum Gasteiger partial charge on any atom is -0.396 e. The summed E-state index contributed by atoms with van der Waals surface area (Å²) in [7, 11) is 0. The summed E-state index contributed by atoms with van der Waals surface area (Å²) in [5.74, 6) is -1.22. The molecule has 3 heterocycles. The van der Waals surface area contributed by atoms with Crippen molar-refractivity contribution in [1.82, 2.24) is 9.80 Å². The third-order valence-electron chi connectivity index (χ3n) is 9.00. The second kappa shape index (κ2) is 14.1. The molecule has 3 aliphatic heterocycles. The maximum absolute atomic E-state index is 14.9. The standard InChI is InChI=1S/C33H46BrN3O4S/c1-6-15-35(16-7-2)30(39)26-27-31(40)37(18-11-9-10-12-19-38)29(33(27)21-24(34)28(26)42-33)32(41)36(17-8-3)25-20-22(4)13-14-23(25)5/h6,8,13-14,20,24,26-29,38H,1,3,7,9-12,15-19,21H2,2,4-5H3/t24?,26-,27-,28-,29?,33?/m0/s1. The number of anilines is 1. The molecule has 1 aromatic carbocycles. The Labute approximate surface area is 263 Å². The molecule has 7 nitrogen and oxygen atoms in total. The second-order valence-corrected chi connectivity index (χ2v) is 14.6. The number of carbonyl (C=O) groups is 3. The normalized spacial score (nSPS) is 27.7. The van der Waals surface area contributed by atoms with Crippen molar-refractivity contribution < 1.29 is 19.5 Å². The van der Waals surface area contributed by atoms with E-state index in [9.17, 15) is 19.5 Å². The highest BCUT2D eigenvalue weighted by atomic mass is 79.9. The lowest BCUT2D eigenvalue weighted by Crippen LogP contribution is -2.56. The number of aliphatic hydroxyl groups is 1. The number of aryl methyl sites for hydroxylation is 2. The van der Waals surface area contributed by atoms with E-state index in [0.29, 0.717) is 32.6 Å². The Bertz CT molecular complexity index is 1190. The fourth-order valence-corrected chi connectivity index (χ4v) is 10.8. The summed E-state index contributed by atoms with van der Waals surface area (Å²) in [6, 6.07) is 5.40. The quantitative estimate of drug-likeness (QED) is 0.158. The first kappa shape index (κ1) is 32.8. The molecule has 9 heteroatoms. The Morgan fingerprint density at radius 1 is 1.14 bits per heavy atom. The Morgan fingerprint density at radius 3 is 2.52 bits per heavy atom. The summed E-state index contributed by atoms with van der Waals surface area (Å²) in [5, 5.41) is 9.15. The van der Waals surface area contributed by atoms with Gasteiger partial charge in [-0.15, -0.1) is 24.9 Å². The predicted molar refractivity (Wildman–Crippen MR) is 175 cm³/mol. The van der Waals surface area contributed by atoms with Gasteiger partial charge in [-0.3, -0.25) is 14.4 Å². The van der Waals surface area contributed by atoms with Gasteiger partial charge in [0.2, 0.25) is 11.8 Å². The number of aliphatic hydroxyl groups excluding tert-OH is 1. The molecule has 1 aromatic rings. The molecule has 3 unspecified atom stereocenters. The van der Waals surface area contributed by atoms with Gasteiger partial charge in [0, 0.05) is 48.6 Å². The molecule has 0 aliphatic carbocycles. The molecule has 0 aromatic heterocycles. The number of carbonyl (C=O) groups excluding carboxylic acids is 3. The minimum absolute atomic E-state index is 0.00732. The summed E-state index contributed by atoms with van der Waals surface area (Å²) < 4.78 is -0.693. The van der Waals surface area contributed by atoms with E-state index < -0.39 is 22.6 Å². The van der Waals surface area contributed by atoms with Gasteiger partial charge in [0.05, 0.1) is 16.6 Å². The van der Waals surface area contributed by atoms with E-state index in [1.165, 1.54) is 0 Å². The first-order valence-corrected chi connectivity index (χ1v) is 17.1. The molecule has 3 amide bonds. The fraction of sp³-hybridized carbons (Fsp3) is 0.606. The van der Waals surface area contributed by atoms with E-state index in [-0.39, 0.29) is 34.4 Å². The number of hydrogen-bond donors (Lipinski definition) is 1. The van der Waals surface area contributed by atoms with Crippen LogP contribution in [0.15, 0.2) is 43.5 Å². The van der Waals surface area contributed by atoms with Crippen molar-refractivity contribution in [3.05, 3.63) is 54.6 Å². The maximum atomic E-state index is 14.9. The minimum atomic E-state index is -0.693. The molecule has 3 fully saturated rings. The van der Waals surface area contributed by atoms with Crippen LogP contribution in [0.3, 0.4) is 0 Å². The lowest BCUT2D eigenvalue weighted by molar-refractivity contribution is -0.143. The zero-order valence-corrected chi connectivity index (χ0v) is 27.7. The predicted octanol–water partition coefficient (Wildman–Crippen LogP) is 5.26. The second-order valence-electron chi connectivity index (χ2n) is 11.9. The van der Waals surface area contributed by atoms with Gasteiger partial charge in [0.25, 0.3) is 5.91 Å². The lowest BCUT2D eigenvalue weighted by Gasteiger charge is -2.38. The summed E-state index contributed by atoms with van der Waals surface area (Å²) in [4.78, 5) is 48.9. The monoisotopic (exact) mass is 659 g/mol. The number of thioether (sulfide) groups is 1. The summed E-state index contributed by atoms with van der Waals surface area (Å²) in [6.45, 7) is 15.8. The largest absolute Gasteiger partial charge is 0.396 e. The van der Waals surface area contributed by atoms with Crippen molar-refractivity contribution in [3.63, 3.8) is 0 Å². The summed E-state index contributed by atoms with van der Waals surface area (Å²) in [5.41, 5.74) is 2.87. The van der Waals surface area contributed by atoms with Crippen LogP contribution in [-0.2, 0) is 14.4 Å².